The van der Waals surface area contributed by atoms with Crippen molar-refractivity contribution in [2.45, 2.75) is 26.4 Å². The maximum Gasteiger partial charge on any atom is 0.221 e. The molecule has 5 nitrogen and oxygen atoms in total. The standard InChI is InChI=1S/C16H18ClN3O2/c1-2-22-16-14-9-20(4-3-15(14)18-10-19-16)8-11-5-12(17)7-13(21)6-11/h5-7,10,21H,2-4,8-9H2,1H3. The SMILES string of the molecule is CCOc1ncnc2c1CN(Cc1cc(O)cc(Cl)c1)CC2. The van der Waals surface area contributed by atoms with Crippen molar-refractivity contribution in [3.63, 3.8) is 0 Å². The molecule has 0 saturated heterocycles. The minimum Gasteiger partial charge on any atom is -0.508 e. The Hall–Kier alpha value is -1.85. The van der Waals surface area contributed by atoms with Crippen molar-refractivity contribution in [1.82, 2.24) is 14.9 Å². The normalized spacial score (nSPS) is 14.6. The third kappa shape index (κ3) is 3.31. The number of phenols is 1. The summed E-state index contributed by atoms with van der Waals surface area (Å²) in [5.74, 6) is 0.865. The van der Waals surface area contributed by atoms with Crippen LogP contribution >= 0.6 is 11.6 Å². The fourth-order valence-electron chi connectivity index (χ4n) is 2.75. The van der Waals surface area contributed by atoms with Crippen molar-refractivity contribution >= 4 is 11.6 Å². The second-order valence-electron chi connectivity index (χ2n) is 5.32. The number of aromatic nitrogens is 2. The molecule has 1 aromatic heterocycles. The number of phenolic OH excluding ortho intramolecular Hbond substituents is 1. The third-order valence-corrected chi connectivity index (χ3v) is 3.89. The molecule has 0 bridgehead atoms. The smallest absolute Gasteiger partial charge is 0.221 e. The first-order valence-electron chi connectivity index (χ1n) is 7.32. The van der Waals surface area contributed by atoms with Gasteiger partial charge in [-0.25, -0.2) is 9.97 Å². The Morgan fingerprint density at radius 1 is 1.32 bits per heavy atom. The number of hydrogen-bond acceptors (Lipinski definition) is 5. The van der Waals surface area contributed by atoms with Gasteiger partial charge in [0, 0.05) is 36.6 Å². The minimum absolute atomic E-state index is 0.193. The van der Waals surface area contributed by atoms with E-state index in [1.807, 2.05) is 13.0 Å². The summed E-state index contributed by atoms with van der Waals surface area (Å²) >= 11 is 6.00. The Balaban J connectivity index is 1.78. The van der Waals surface area contributed by atoms with Crippen LogP contribution in [0.25, 0.3) is 0 Å². The Bertz CT molecular complexity index is 658. The van der Waals surface area contributed by atoms with Gasteiger partial charge in [0.1, 0.15) is 12.1 Å². The summed E-state index contributed by atoms with van der Waals surface area (Å²) in [5.41, 5.74) is 3.11. The largest absolute Gasteiger partial charge is 0.508 e. The fraction of sp³-hybridized carbons (Fsp3) is 0.375. The van der Waals surface area contributed by atoms with Crippen molar-refractivity contribution in [3.05, 3.63) is 46.4 Å². The van der Waals surface area contributed by atoms with Gasteiger partial charge in [-0.1, -0.05) is 11.6 Å². The number of hydrogen-bond donors (Lipinski definition) is 1. The number of aromatic hydroxyl groups is 1. The first kappa shape index (κ1) is 15.1. The summed E-state index contributed by atoms with van der Waals surface area (Å²) in [5, 5.41) is 10.2. The molecule has 6 heteroatoms. The van der Waals surface area contributed by atoms with E-state index in [9.17, 15) is 5.11 Å². The number of benzene rings is 1. The molecule has 0 fully saturated rings. The molecule has 0 saturated carbocycles. The van der Waals surface area contributed by atoms with E-state index in [-0.39, 0.29) is 5.75 Å². The number of rotatable bonds is 4. The molecule has 1 aromatic carbocycles. The van der Waals surface area contributed by atoms with Crippen LogP contribution in [0.3, 0.4) is 0 Å². The lowest BCUT2D eigenvalue weighted by molar-refractivity contribution is 0.231. The summed E-state index contributed by atoms with van der Waals surface area (Å²) in [6.45, 7) is 4.89. The maximum atomic E-state index is 9.65. The molecule has 116 valence electrons. The molecule has 0 amide bonds. The average Bonchev–Trinajstić information content (AvgIpc) is 2.47. The van der Waals surface area contributed by atoms with Crippen LogP contribution in [0.5, 0.6) is 11.6 Å². The van der Waals surface area contributed by atoms with Crippen LogP contribution in [0, 0.1) is 0 Å². The molecule has 0 aliphatic carbocycles. The quantitative estimate of drug-likeness (QED) is 0.939. The van der Waals surface area contributed by atoms with Gasteiger partial charge in [0.05, 0.1) is 12.3 Å². The molecule has 0 radical (unpaired) electrons. The van der Waals surface area contributed by atoms with E-state index >= 15 is 0 Å². The second kappa shape index (κ2) is 6.50. The van der Waals surface area contributed by atoms with E-state index < -0.39 is 0 Å². The van der Waals surface area contributed by atoms with E-state index in [0.29, 0.717) is 24.1 Å². The zero-order valence-corrected chi connectivity index (χ0v) is 13.2. The average molecular weight is 320 g/mol. The highest BCUT2D eigenvalue weighted by Crippen LogP contribution is 2.27. The van der Waals surface area contributed by atoms with Gasteiger partial charge >= 0.3 is 0 Å². The van der Waals surface area contributed by atoms with Gasteiger partial charge in [-0.3, -0.25) is 4.90 Å². The molecule has 2 aromatic rings. The Morgan fingerprint density at radius 2 is 2.18 bits per heavy atom. The van der Waals surface area contributed by atoms with Crippen LogP contribution in [0.2, 0.25) is 5.02 Å². The summed E-state index contributed by atoms with van der Waals surface area (Å²) in [6.07, 6.45) is 2.43. The lowest BCUT2D eigenvalue weighted by Gasteiger charge is -2.28. The van der Waals surface area contributed by atoms with Gasteiger partial charge in [0.2, 0.25) is 5.88 Å². The van der Waals surface area contributed by atoms with Crippen molar-refractivity contribution in [2.24, 2.45) is 0 Å². The van der Waals surface area contributed by atoms with Crippen LogP contribution in [-0.4, -0.2) is 33.1 Å². The Morgan fingerprint density at radius 3 is 2.95 bits per heavy atom. The van der Waals surface area contributed by atoms with Gasteiger partial charge in [-0.15, -0.1) is 0 Å². The van der Waals surface area contributed by atoms with Crippen molar-refractivity contribution in [1.29, 1.82) is 0 Å². The van der Waals surface area contributed by atoms with Crippen molar-refractivity contribution in [3.8, 4) is 11.6 Å². The molecule has 0 spiro atoms. The first-order valence-corrected chi connectivity index (χ1v) is 7.70. The highest BCUT2D eigenvalue weighted by atomic mass is 35.5. The monoisotopic (exact) mass is 319 g/mol. The number of ether oxygens (including phenoxy) is 1. The lowest BCUT2D eigenvalue weighted by atomic mass is 10.1. The molecule has 1 aliphatic rings. The Kier molecular flexibility index (Phi) is 4.45. The molecular weight excluding hydrogens is 302 g/mol. The molecule has 1 aliphatic heterocycles. The summed E-state index contributed by atoms with van der Waals surface area (Å²) < 4.78 is 5.60. The first-order chi connectivity index (χ1) is 10.7. The van der Waals surface area contributed by atoms with Crippen LogP contribution < -0.4 is 4.74 Å². The summed E-state index contributed by atoms with van der Waals surface area (Å²) in [4.78, 5) is 10.9. The molecule has 0 unspecified atom stereocenters. The van der Waals surface area contributed by atoms with Gasteiger partial charge in [-0.2, -0.15) is 0 Å². The van der Waals surface area contributed by atoms with Gasteiger partial charge in [0.15, 0.2) is 0 Å². The highest BCUT2D eigenvalue weighted by molar-refractivity contribution is 6.30. The number of halogens is 1. The summed E-state index contributed by atoms with van der Waals surface area (Å²) in [6, 6.07) is 5.16. The van der Waals surface area contributed by atoms with Gasteiger partial charge in [0.25, 0.3) is 0 Å². The molecular formula is C16H18ClN3O2. The topological polar surface area (TPSA) is 58.5 Å². The van der Waals surface area contributed by atoms with E-state index in [1.165, 1.54) is 6.07 Å². The molecule has 3 rings (SSSR count). The maximum absolute atomic E-state index is 9.65. The van der Waals surface area contributed by atoms with Crippen molar-refractivity contribution < 1.29 is 9.84 Å². The predicted molar refractivity (Wildman–Crippen MR) is 84.1 cm³/mol. The van der Waals surface area contributed by atoms with E-state index in [0.717, 1.165) is 36.3 Å². The number of fused-ring (bicyclic) bond motifs is 1. The van der Waals surface area contributed by atoms with E-state index in [1.54, 1.807) is 12.4 Å². The second-order valence-corrected chi connectivity index (χ2v) is 5.75. The van der Waals surface area contributed by atoms with Gasteiger partial charge < -0.3 is 9.84 Å². The zero-order valence-electron chi connectivity index (χ0n) is 12.4. The Labute approximate surface area is 134 Å². The van der Waals surface area contributed by atoms with Crippen LogP contribution in [-0.2, 0) is 19.5 Å². The minimum atomic E-state index is 0.193. The van der Waals surface area contributed by atoms with Crippen LogP contribution in [0.15, 0.2) is 24.5 Å². The summed E-state index contributed by atoms with van der Waals surface area (Å²) in [7, 11) is 0. The highest BCUT2D eigenvalue weighted by Gasteiger charge is 2.22. The molecule has 1 N–H and O–H groups in total. The fourth-order valence-corrected chi connectivity index (χ4v) is 3.00. The molecule has 22 heavy (non-hydrogen) atoms. The van der Waals surface area contributed by atoms with Crippen LogP contribution in [0.1, 0.15) is 23.7 Å². The zero-order chi connectivity index (χ0) is 15.5. The molecule has 0 atom stereocenters. The molecule has 2 heterocycles. The lowest BCUT2D eigenvalue weighted by Crippen LogP contribution is -2.31. The van der Waals surface area contributed by atoms with Crippen molar-refractivity contribution in [2.75, 3.05) is 13.2 Å². The van der Waals surface area contributed by atoms with E-state index in [2.05, 4.69) is 14.9 Å². The predicted octanol–water partition coefficient (Wildman–Crippen LogP) is 2.79. The van der Waals surface area contributed by atoms with E-state index in [4.69, 9.17) is 16.3 Å². The van der Waals surface area contributed by atoms with Crippen LogP contribution in [0.4, 0.5) is 0 Å². The van der Waals surface area contributed by atoms with Gasteiger partial charge in [-0.05, 0) is 30.7 Å². The third-order valence-electron chi connectivity index (χ3n) is 3.67. The number of nitrogens with zero attached hydrogens (tertiary/aromatic N) is 3.